The zero-order valence-corrected chi connectivity index (χ0v) is 16.1. The predicted molar refractivity (Wildman–Crippen MR) is 114 cm³/mol. The number of fused-ring (bicyclic) bond motifs is 1. The third-order valence-corrected chi connectivity index (χ3v) is 5.96. The van der Waals surface area contributed by atoms with Gasteiger partial charge in [-0.3, -0.25) is 4.79 Å². The van der Waals surface area contributed by atoms with Crippen molar-refractivity contribution in [3.63, 3.8) is 0 Å². The van der Waals surface area contributed by atoms with Crippen LogP contribution in [0.1, 0.15) is 5.56 Å². The van der Waals surface area contributed by atoms with Crippen molar-refractivity contribution in [3.8, 4) is 10.6 Å². The van der Waals surface area contributed by atoms with Crippen LogP contribution in [0.15, 0.2) is 72.9 Å². The molecule has 2 aromatic carbocycles. The lowest BCUT2D eigenvalue weighted by Crippen LogP contribution is -2.14. The Kier molecular flexibility index (Phi) is 5.46. The molecule has 2 aromatic heterocycles. The molecule has 0 bridgehead atoms. The third-order valence-electron chi connectivity index (χ3n) is 3.93. The summed E-state index contributed by atoms with van der Waals surface area (Å²) < 4.78 is 0. The summed E-state index contributed by atoms with van der Waals surface area (Å²) in [6.45, 7) is 0. The Bertz CT molecular complexity index is 1010. The number of rotatable bonds is 6. The van der Waals surface area contributed by atoms with Crippen molar-refractivity contribution in [1.29, 1.82) is 0 Å². The van der Waals surface area contributed by atoms with E-state index in [0.29, 0.717) is 5.75 Å². The average Bonchev–Trinajstić information content (AvgIpc) is 3.13. The number of thioether (sulfide) groups is 1. The molecule has 134 valence electrons. The lowest BCUT2D eigenvalue weighted by molar-refractivity contribution is -0.113. The molecule has 1 N–H and O–H groups in total. The van der Waals surface area contributed by atoms with Gasteiger partial charge >= 0.3 is 0 Å². The molecule has 1 amide bonds. The SMILES string of the molecule is O=C(CSCc1ccccc1)Nc1ccc(-c2nc3cccnc3s2)cc1. The minimum Gasteiger partial charge on any atom is -0.325 e. The molecular weight excluding hydrogens is 374 g/mol. The minimum atomic E-state index is 0.00729. The number of pyridine rings is 1. The Labute approximate surface area is 165 Å². The van der Waals surface area contributed by atoms with Crippen molar-refractivity contribution in [2.24, 2.45) is 0 Å². The lowest BCUT2D eigenvalue weighted by atomic mass is 10.2. The molecule has 6 heteroatoms. The van der Waals surface area contributed by atoms with Gasteiger partial charge in [-0.05, 0) is 42.0 Å². The number of aromatic nitrogens is 2. The summed E-state index contributed by atoms with van der Waals surface area (Å²) in [7, 11) is 0. The van der Waals surface area contributed by atoms with E-state index >= 15 is 0 Å². The first kappa shape index (κ1) is 17.7. The maximum absolute atomic E-state index is 12.1. The molecule has 4 nitrogen and oxygen atoms in total. The highest BCUT2D eigenvalue weighted by Crippen LogP contribution is 2.29. The molecule has 0 fully saturated rings. The van der Waals surface area contributed by atoms with Crippen molar-refractivity contribution in [3.05, 3.63) is 78.5 Å². The standard InChI is InChI=1S/C21H17N3OS2/c25-19(14-26-13-15-5-2-1-3-6-15)23-17-10-8-16(9-11-17)20-24-18-7-4-12-22-21(18)27-20/h1-12H,13-14H2,(H,23,25). The first-order valence-corrected chi connectivity index (χ1v) is 10.5. The van der Waals surface area contributed by atoms with Gasteiger partial charge in [-0.15, -0.1) is 11.8 Å². The molecule has 0 aliphatic carbocycles. The molecule has 27 heavy (non-hydrogen) atoms. The first-order chi connectivity index (χ1) is 13.3. The number of carbonyl (C=O) groups is 1. The van der Waals surface area contributed by atoms with E-state index in [9.17, 15) is 4.79 Å². The minimum absolute atomic E-state index is 0.00729. The maximum Gasteiger partial charge on any atom is 0.234 e. The normalized spacial score (nSPS) is 10.8. The fourth-order valence-corrected chi connectivity index (χ4v) is 4.32. The van der Waals surface area contributed by atoms with E-state index in [1.807, 2.05) is 54.6 Å². The van der Waals surface area contributed by atoms with Crippen LogP contribution < -0.4 is 5.32 Å². The number of nitrogens with zero attached hydrogens (tertiary/aromatic N) is 2. The van der Waals surface area contributed by atoms with Gasteiger partial charge in [0.25, 0.3) is 0 Å². The van der Waals surface area contributed by atoms with Crippen molar-refractivity contribution in [2.45, 2.75) is 5.75 Å². The van der Waals surface area contributed by atoms with Crippen molar-refractivity contribution >= 4 is 45.0 Å². The average molecular weight is 392 g/mol. The van der Waals surface area contributed by atoms with Crippen LogP contribution in [0.2, 0.25) is 0 Å². The quantitative estimate of drug-likeness (QED) is 0.489. The van der Waals surface area contributed by atoms with E-state index in [4.69, 9.17) is 0 Å². The largest absolute Gasteiger partial charge is 0.325 e. The fourth-order valence-electron chi connectivity index (χ4n) is 2.62. The zero-order valence-electron chi connectivity index (χ0n) is 14.5. The Morgan fingerprint density at radius 1 is 1.00 bits per heavy atom. The van der Waals surface area contributed by atoms with Crippen LogP contribution in [0.5, 0.6) is 0 Å². The van der Waals surface area contributed by atoms with Crippen LogP contribution in [0, 0.1) is 0 Å². The van der Waals surface area contributed by atoms with Crippen LogP contribution >= 0.6 is 23.1 Å². The third kappa shape index (κ3) is 4.53. The van der Waals surface area contributed by atoms with Crippen molar-refractivity contribution in [2.75, 3.05) is 11.1 Å². The number of amides is 1. The summed E-state index contributed by atoms with van der Waals surface area (Å²) in [4.78, 5) is 22.0. The molecule has 0 atom stereocenters. The topological polar surface area (TPSA) is 54.9 Å². The molecule has 0 aliphatic rings. The Morgan fingerprint density at radius 3 is 2.59 bits per heavy atom. The predicted octanol–water partition coefficient (Wildman–Crippen LogP) is 5.23. The van der Waals surface area contributed by atoms with Gasteiger partial charge in [0, 0.05) is 23.2 Å². The highest BCUT2D eigenvalue weighted by molar-refractivity contribution is 7.99. The van der Waals surface area contributed by atoms with Gasteiger partial charge in [0.15, 0.2) is 0 Å². The number of nitrogens with one attached hydrogen (secondary N) is 1. The van der Waals surface area contributed by atoms with E-state index in [1.165, 1.54) is 5.56 Å². The van der Waals surface area contributed by atoms with Crippen LogP contribution in [0.4, 0.5) is 5.69 Å². The van der Waals surface area contributed by atoms with Gasteiger partial charge in [-0.2, -0.15) is 0 Å². The van der Waals surface area contributed by atoms with Crippen molar-refractivity contribution < 1.29 is 4.79 Å². The summed E-state index contributed by atoms with van der Waals surface area (Å²) in [5.41, 5.74) is 3.95. The highest BCUT2D eigenvalue weighted by Gasteiger charge is 2.08. The summed E-state index contributed by atoms with van der Waals surface area (Å²) in [5, 5.41) is 3.87. The van der Waals surface area contributed by atoms with E-state index in [0.717, 1.165) is 32.4 Å². The molecule has 2 heterocycles. The van der Waals surface area contributed by atoms with Gasteiger partial charge in [-0.25, -0.2) is 9.97 Å². The van der Waals surface area contributed by atoms with E-state index in [2.05, 4.69) is 27.4 Å². The zero-order chi connectivity index (χ0) is 18.5. The summed E-state index contributed by atoms with van der Waals surface area (Å²) >= 11 is 3.18. The lowest BCUT2D eigenvalue weighted by Gasteiger charge is -2.06. The molecular formula is C21H17N3OS2. The maximum atomic E-state index is 12.1. The van der Waals surface area contributed by atoms with Gasteiger partial charge < -0.3 is 5.32 Å². The second-order valence-electron chi connectivity index (χ2n) is 5.95. The molecule has 0 radical (unpaired) electrons. The monoisotopic (exact) mass is 391 g/mol. The second kappa shape index (κ2) is 8.33. The van der Waals surface area contributed by atoms with Gasteiger partial charge in [0.1, 0.15) is 15.4 Å². The fraction of sp³-hybridized carbons (Fsp3) is 0.0952. The Balaban J connectivity index is 1.34. The molecule has 0 saturated heterocycles. The number of thiazole rings is 1. The van der Waals surface area contributed by atoms with Gasteiger partial charge in [0.05, 0.1) is 5.75 Å². The number of hydrogen-bond donors (Lipinski definition) is 1. The highest BCUT2D eigenvalue weighted by atomic mass is 32.2. The summed E-state index contributed by atoms with van der Waals surface area (Å²) in [5.74, 6) is 1.27. The summed E-state index contributed by atoms with van der Waals surface area (Å²) in [6, 6.07) is 21.8. The number of hydrogen-bond acceptors (Lipinski definition) is 5. The molecule has 4 aromatic rings. The number of anilines is 1. The number of benzene rings is 2. The van der Waals surface area contributed by atoms with Gasteiger partial charge in [0.2, 0.25) is 5.91 Å². The molecule has 0 saturated carbocycles. The summed E-state index contributed by atoms with van der Waals surface area (Å²) in [6.07, 6.45) is 1.78. The number of carbonyl (C=O) groups excluding carboxylic acids is 1. The Hall–Kier alpha value is -2.70. The van der Waals surface area contributed by atoms with Crippen LogP contribution in [-0.4, -0.2) is 21.6 Å². The van der Waals surface area contributed by atoms with Crippen LogP contribution in [0.3, 0.4) is 0 Å². The van der Waals surface area contributed by atoms with E-state index in [-0.39, 0.29) is 5.91 Å². The second-order valence-corrected chi connectivity index (χ2v) is 7.91. The van der Waals surface area contributed by atoms with Gasteiger partial charge in [-0.1, -0.05) is 41.7 Å². The molecule has 0 spiro atoms. The van der Waals surface area contributed by atoms with Crippen LogP contribution in [0.25, 0.3) is 20.9 Å². The molecule has 0 unspecified atom stereocenters. The Morgan fingerprint density at radius 2 is 1.81 bits per heavy atom. The molecule has 0 aliphatic heterocycles. The first-order valence-electron chi connectivity index (χ1n) is 8.51. The van der Waals surface area contributed by atoms with Crippen LogP contribution in [-0.2, 0) is 10.5 Å². The van der Waals surface area contributed by atoms with Crippen molar-refractivity contribution in [1.82, 2.24) is 9.97 Å². The van der Waals surface area contributed by atoms with E-state index in [1.54, 1.807) is 29.3 Å². The molecule has 4 rings (SSSR count). The van der Waals surface area contributed by atoms with E-state index < -0.39 is 0 Å². The smallest absolute Gasteiger partial charge is 0.234 e.